The van der Waals surface area contributed by atoms with Crippen LogP contribution in [0.15, 0.2) is 6.20 Å². The first kappa shape index (κ1) is 9.80. The molecular weight excluding hydrogens is 198 g/mol. The molecule has 0 spiro atoms. The van der Waals surface area contributed by atoms with Crippen molar-refractivity contribution in [1.29, 1.82) is 0 Å². The van der Waals surface area contributed by atoms with E-state index in [0.29, 0.717) is 4.88 Å². The fraction of sp³-hybridized carbons (Fsp3) is 0.600. The summed E-state index contributed by atoms with van der Waals surface area (Å²) in [6.45, 7) is 2.85. The standard InChI is InChI=1S/C10H13NO2S/c1-10(4-2-3-5-13-10)9-11-6-8(7-12)14-9/h6-7H,2-5H2,1H3. The van der Waals surface area contributed by atoms with Crippen molar-refractivity contribution >= 4 is 17.6 Å². The SMILES string of the molecule is CC1(c2ncc(C=O)s2)CCCCO1. The third kappa shape index (κ3) is 1.72. The maximum atomic E-state index is 10.5. The number of carbonyl (C=O) groups excluding carboxylic acids is 1. The van der Waals surface area contributed by atoms with Crippen molar-refractivity contribution in [2.24, 2.45) is 0 Å². The summed E-state index contributed by atoms with van der Waals surface area (Å²) in [6, 6.07) is 0. The smallest absolute Gasteiger partial charge is 0.161 e. The fourth-order valence-electron chi connectivity index (χ4n) is 1.69. The molecule has 76 valence electrons. The van der Waals surface area contributed by atoms with Gasteiger partial charge in [0.15, 0.2) is 6.29 Å². The summed E-state index contributed by atoms with van der Waals surface area (Å²) < 4.78 is 5.74. The monoisotopic (exact) mass is 211 g/mol. The van der Waals surface area contributed by atoms with Gasteiger partial charge in [-0.3, -0.25) is 4.79 Å². The number of nitrogens with zero attached hydrogens (tertiary/aromatic N) is 1. The van der Waals surface area contributed by atoms with Gasteiger partial charge in [-0.25, -0.2) is 4.98 Å². The lowest BCUT2D eigenvalue weighted by atomic mass is 9.97. The van der Waals surface area contributed by atoms with E-state index in [1.54, 1.807) is 6.20 Å². The molecule has 1 saturated heterocycles. The van der Waals surface area contributed by atoms with Gasteiger partial charge in [0.1, 0.15) is 10.6 Å². The molecule has 1 aliphatic heterocycles. The van der Waals surface area contributed by atoms with Crippen molar-refractivity contribution in [3.05, 3.63) is 16.1 Å². The van der Waals surface area contributed by atoms with E-state index in [4.69, 9.17) is 4.74 Å². The van der Waals surface area contributed by atoms with E-state index >= 15 is 0 Å². The lowest BCUT2D eigenvalue weighted by Crippen LogP contribution is -2.29. The van der Waals surface area contributed by atoms with Crippen molar-refractivity contribution in [2.45, 2.75) is 31.8 Å². The highest BCUT2D eigenvalue weighted by atomic mass is 32.1. The molecule has 0 amide bonds. The molecule has 0 bridgehead atoms. The third-order valence-corrected chi connectivity index (χ3v) is 3.73. The van der Waals surface area contributed by atoms with Crippen LogP contribution in [0.4, 0.5) is 0 Å². The molecule has 1 aromatic rings. The van der Waals surface area contributed by atoms with Crippen molar-refractivity contribution in [3.8, 4) is 0 Å². The van der Waals surface area contributed by atoms with Crippen LogP contribution in [-0.4, -0.2) is 17.9 Å². The molecule has 0 radical (unpaired) electrons. The Bertz CT molecular complexity index is 329. The molecular formula is C10H13NO2S. The first-order valence-electron chi connectivity index (χ1n) is 4.80. The third-order valence-electron chi connectivity index (χ3n) is 2.56. The van der Waals surface area contributed by atoms with Crippen LogP contribution >= 0.6 is 11.3 Å². The van der Waals surface area contributed by atoms with Crippen LogP contribution in [0.5, 0.6) is 0 Å². The van der Waals surface area contributed by atoms with Crippen molar-refractivity contribution in [2.75, 3.05) is 6.61 Å². The predicted octanol–water partition coefficient (Wildman–Crippen LogP) is 2.37. The first-order valence-corrected chi connectivity index (χ1v) is 5.62. The fourth-order valence-corrected chi connectivity index (χ4v) is 2.55. The van der Waals surface area contributed by atoms with Crippen LogP contribution in [0.2, 0.25) is 0 Å². The Hall–Kier alpha value is -0.740. The summed E-state index contributed by atoms with van der Waals surface area (Å²) in [5, 5.41) is 0.930. The van der Waals surface area contributed by atoms with Crippen LogP contribution in [0.3, 0.4) is 0 Å². The molecule has 0 aromatic carbocycles. The summed E-state index contributed by atoms with van der Waals surface area (Å²) in [4.78, 5) is 15.5. The maximum Gasteiger partial charge on any atom is 0.161 e. The summed E-state index contributed by atoms with van der Waals surface area (Å²) >= 11 is 1.43. The largest absolute Gasteiger partial charge is 0.368 e. The number of aldehydes is 1. The van der Waals surface area contributed by atoms with Gasteiger partial charge in [-0.05, 0) is 26.2 Å². The number of rotatable bonds is 2. The Morgan fingerprint density at radius 2 is 2.50 bits per heavy atom. The summed E-state index contributed by atoms with van der Waals surface area (Å²) in [7, 11) is 0. The number of carbonyl (C=O) groups is 1. The molecule has 0 N–H and O–H groups in total. The summed E-state index contributed by atoms with van der Waals surface area (Å²) in [5.41, 5.74) is -0.260. The Morgan fingerprint density at radius 1 is 1.64 bits per heavy atom. The van der Waals surface area contributed by atoms with Crippen LogP contribution in [0.1, 0.15) is 40.9 Å². The topological polar surface area (TPSA) is 39.2 Å². The normalized spacial score (nSPS) is 27.5. The minimum atomic E-state index is -0.260. The highest BCUT2D eigenvalue weighted by molar-refractivity contribution is 7.13. The van der Waals surface area contributed by atoms with Gasteiger partial charge in [-0.1, -0.05) is 0 Å². The predicted molar refractivity (Wildman–Crippen MR) is 54.7 cm³/mol. The number of hydrogen-bond donors (Lipinski definition) is 0. The molecule has 0 saturated carbocycles. The molecule has 1 fully saturated rings. The van der Waals surface area contributed by atoms with Gasteiger partial charge < -0.3 is 4.74 Å². The quantitative estimate of drug-likeness (QED) is 0.705. The van der Waals surface area contributed by atoms with Gasteiger partial charge in [-0.2, -0.15) is 0 Å². The summed E-state index contributed by atoms with van der Waals surface area (Å²) in [5.74, 6) is 0. The van der Waals surface area contributed by atoms with Crippen molar-refractivity contribution < 1.29 is 9.53 Å². The molecule has 1 unspecified atom stereocenters. The molecule has 2 heterocycles. The van der Waals surface area contributed by atoms with Gasteiger partial charge in [0, 0.05) is 12.8 Å². The van der Waals surface area contributed by atoms with Crippen molar-refractivity contribution in [3.63, 3.8) is 0 Å². The lowest BCUT2D eigenvalue weighted by Gasteiger charge is -2.31. The van der Waals surface area contributed by atoms with Gasteiger partial charge >= 0.3 is 0 Å². The van der Waals surface area contributed by atoms with Crippen LogP contribution in [0, 0.1) is 0 Å². The lowest BCUT2D eigenvalue weighted by molar-refractivity contribution is -0.0702. The van der Waals surface area contributed by atoms with E-state index in [1.807, 2.05) is 0 Å². The van der Waals surface area contributed by atoms with Crippen LogP contribution in [-0.2, 0) is 10.3 Å². The zero-order chi connectivity index (χ0) is 10.0. The molecule has 4 heteroatoms. The van der Waals surface area contributed by atoms with Gasteiger partial charge in [-0.15, -0.1) is 11.3 Å². The number of thiazole rings is 1. The minimum Gasteiger partial charge on any atom is -0.368 e. The van der Waals surface area contributed by atoms with Crippen LogP contribution < -0.4 is 0 Å². The molecule has 2 rings (SSSR count). The molecule has 3 nitrogen and oxygen atoms in total. The van der Waals surface area contributed by atoms with Crippen molar-refractivity contribution in [1.82, 2.24) is 4.98 Å². The van der Waals surface area contributed by atoms with E-state index in [2.05, 4.69) is 11.9 Å². The Balaban J connectivity index is 2.23. The highest BCUT2D eigenvalue weighted by Gasteiger charge is 2.32. The van der Waals surface area contributed by atoms with Crippen LogP contribution in [0.25, 0.3) is 0 Å². The maximum absolute atomic E-state index is 10.5. The zero-order valence-electron chi connectivity index (χ0n) is 8.16. The Morgan fingerprint density at radius 3 is 3.07 bits per heavy atom. The number of aromatic nitrogens is 1. The first-order chi connectivity index (χ1) is 6.74. The second-order valence-electron chi connectivity index (χ2n) is 3.72. The average molecular weight is 211 g/mol. The molecule has 1 atom stereocenters. The van der Waals surface area contributed by atoms with E-state index in [-0.39, 0.29) is 5.60 Å². The highest BCUT2D eigenvalue weighted by Crippen LogP contribution is 2.36. The number of ether oxygens (including phenoxy) is 1. The molecule has 0 aliphatic carbocycles. The summed E-state index contributed by atoms with van der Waals surface area (Å²) in [6.07, 6.45) is 5.76. The average Bonchev–Trinajstić information content (AvgIpc) is 2.67. The Labute approximate surface area is 87.1 Å². The van der Waals surface area contributed by atoms with Gasteiger partial charge in [0.25, 0.3) is 0 Å². The second kappa shape index (κ2) is 3.79. The van der Waals surface area contributed by atoms with Gasteiger partial charge in [0.05, 0.1) is 4.88 Å². The zero-order valence-corrected chi connectivity index (χ0v) is 8.97. The van der Waals surface area contributed by atoms with Gasteiger partial charge in [0.2, 0.25) is 0 Å². The second-order valence-corrected chi connectivity index (χ2v) is 4.78. The Kier molecular flexibility index (Phi) is 2.65. The molecule has 1 aliphatic rings. The van der Waals surface area contributed by atoms with E-state index in [0.717, 1.165) is 30.7 Å². The van der Waals surface area contributed by atoms with E-state index in [9.17, 15) is 4.79 Å². The molecule has 1 aromatic heterocycles. The number of hydrogen-bond acceptors (Lipinski definition) is 4. The van der Waals surface area contributed by atoms with E-state index in [1.165, 1.54) is 17.8 Å². The molecule has 14 heavy (non-hydrogen) atoms. The minimum absolute atomic E-state index is 0.260. The van der Waals surface area contributed by atoms with E-state index < -0.39 is 0 Å².